The first-order valence-electron chi connectivity index (χ1n) is 3.65. The van der Waals surface area contributed by atoms with E-state index in [1.165, 1.54) is 6.07 Å². The van der Waals surface area contributed by atoms with E-state index in [0.29, 0.717) is 3.57 Å². The van der Waals surface area contributed by atoms with E-state index in [0.717, 1.165) is 0 Å². The molecule has 0 saturated carbocycles. The Balaban J connectivity index is 3.72. The zero-order valence-electron chi connectivity index (χ0n) is 7.33. The van der Waals surface area contributed by atoms with Crippen LogP contribution in [0.5, 0.6) is 0 Å². The van der Waals surface area contributed by atoms with E-state index in [-0.39, 0.29) is 18.3 Å². The van der Waals surface area contributed by atoms with Crippen LogP contribution in [0.15, 0.2) is 6.07 Å². The minimum atomic E-state index is -1.65. The summed E-state index contributed by atoms with van der Waals surface area (Å²) < 4.78 is 11.8. The Hall–Kier alpha value is 0.150. The van der Waals surface area contributed by atoms with Gasteiger partial charge in [0.15, 0.2) is 21.2 Å². The lowest BCUT2D eigenvalue weighted by molar-refractivity contribution is 0.0694. The number of carboxylic acids is 2. The third-order valence-electron chi connectivity index (χ3n) is 1.68. The summed E-state index contributed by atoms with van der Waals surface area (Å²) in [6, 6.07) is 1.34. The number of halogens is 3. The zero-order valence-corrected chi connectivity index (χ0v) is 13.8. The summed E-state index contributed by atoms with van der Waals surface area (Å²) in [4.78, 5) is 21.9. The lowest BCUT2D eigenvalue weighted by Crippen LogP contribution is -2.11. The molecule has 8 heteroatoms. The summed E-state index contributed by atoms with van der Waals surface area (Å²) in [5, 5.41) is 17.9. The molecule has 0 spiro atoms. The fourth-order valence-electron chi connectivity index (χ4n) is 1.02. The lowest BCUT2D eigenvalue weighted by atomic mass is 10.1. The van der Waals surface area contributed by atoms with Crippen LogP contribution in [0.1, 0.15) is 20.7 Å². The Morgan fingerprint density at radius 3 is 2.12 bits per heavy atom. The van der Waals surface area contributed by atoms with Gasteiger partial charge < -0.3 is 10.2 Å². The largest absolute Gasteiger partial charge is 0.478 e. The zero-order chi connectivity index (χ0) is 12.5. The van der Waals surface area contributed by atoms with E-state index >= 15 is 0 Å². The maximum atomic E-state index is 11.0. The number of hydrogen-bond acceptors (Lipinski definition) is 3. The van der Waals surface area contributed by atoms with Crippen molar-refractivity contribution in [3.05, 3.63) is 27.9 Å². The first kappa shape index (κ1) is 14.2. The summed E-state index contributed by atoms with van der Waals surface area (Å²) in [6.07, 6.45) is 0. The number of carbonyl (C=O) groups is 2. The van der Waals surface area contributed by atoms with Gasteiger partial charge >= 0.3 is 11.9 Å². The van der Waals surface area contributed by atoms with Crippen LogP contribution in [0.2, 0.25) is 0 Å². The Kier molecular flexibility index (Phi) is 5.03. The summed E-state index contributed by atoms with van der Waals surface area (Å²) >= 11 is 1.79. The standard InChI is InChI=1S/C8H3I3O5/c9-3-1-2(7(12)13)5(10)4(8(14)15)6(3)11-16/h1H,(H,12,13)(H,14,15). The molecule has 0 amide bonds. The van der Waals surface area contributed by atoms with Crippen LogP contribution in [0.25, 0.3) is 0 Å². The van der Waals surface area contributed by atoms with E-state index in [9.17, 15) is 12.7 Å². The van der Waals surface area contributed by atoms with Crippen molar-refractivity contribution in [2.75, 3.05) is 0 Å². The molecule has 0 aliphatic carbocycles. The molecule has 2 N–H and O–H groups in total. The fourth-order valence-corrected chi connectivity index (χ4v) is 4.65. The SMILES string of the molecule is O=Ic1c(I)cc(C(=O)O)c(I)c1C(=O)O. The highest BCUT2D eigenvalue weighted by Crippen LogP contribution is 2.29. The van der Waals surface area contributed by atoms with Crippen molar-refractivity contribution in [3.8, 4) is 0 Å². The van der Waals surface area contributed by atoms with Crippen LogP contribution < -0.4 is 0 Å². The average molecular weight is 560 g/mol. The van der Waals surface area contributed by atoms with Crippen molar-refractivity contribution in [2.45, 2.75) is 0 Å². The van der Waals surface area contributed by atoms with E-state index in [1.54, 1.807) is 45.2 Å². The summed E-state index contributed by atoms with van der Waals surface area (Å²) in [6.45, 7) is 0. The maximum absolute atomic E-state index is 11.0. The molecular formula is C8H3I3O5. The van der Waals surface area contributed by atoms with Crippen molar-refractivity contribution >= 4 is 78.3 Å². The molecule has 0 aliphatic heterocycles. The van der Waals surface area contributed by atoms with Gasteiger partial charge in [0.05, 0.1) is 14.7 Å². The van der Waals surface area contributed by atoms with Crippen LogP contribution in [-0.2, 0) is 3.07 Å². The molecule has 0 heterocycles. The van der Waals surface area contributed by atoms with Gasteiger partial charge in [0.25, 0.3) is 0 Å². The lowest BCUT2D eigenvalue weighted by Gasteiger charge is -2.07. The van der Waals surface area contributed by atoms with E-state index in [4.69, 9.17) is 10.2 Å². The minimum Gasteiger partial charge on any atom is -0.478 e. The topological polar surface area (TPSA) is 91.7 Å². The summed E-state index contributed by atoms with van der Waals surface area (Å²) in [5.74, 6) is -2.45. The first-order valence-corrected chi connectivity index (χ1v) is 7.77. The second kappa shape index (κ2) is 5.66. The molecule has 0 bridgehead atoms. The van der Waals surface area contributed by atoms with Crippen molar-refractivity contribution in [3.63, 3.8) is 0 Å². The smallest absolute Gasteiger partial charge is 0.338 e. The van der Waals surface area contributed by atoms with Gasteiger partial charge in [0.1, 0.15) is 0 Å². The Bertz CT molecular complexity index is 497. The first-order chi connectivity index (χ1) is 7.40. The molecular weight excluding hydrogens is 557 g/mol. The van der Waals surface area contributed by atoms with Crippen LogP contribution in [0.4, 0.5) is 0 Å². The molecule has 86 valence electrons. The highest BCUT2D eigenvalue weighted by molar-refractivity contribution is 14.2. The molecule has 5 nitrogen and oxygen atoms in total. The van der Waals surface area contributed by atoms with Gasteiger partial charge in [-0.25, -0.2) is 9.59 Å². The minimum absolute atomic E-state index is 0.0800. The Labute approximate surface area is 128 Å². The van der Waals surface area contributed by atoms with Crippen molar-refractivity contribution in [1.82, 2.24) is 0 Å². The van der Waals surface area contributed by atoms with Gasteiger partial charge in [-0.3, -0.25) is 3.07 Å². The second-order valence-electron chi connectivity index (χ2n) is 2.60. The third kappa shape index (κ3) is 2.69. The van der Waals surface area contributed by atoms with Gasteiger partial charge in [-0.1, -0.05) is 0 Å². The van der Waals surface area contributed by atoms with Crippen LogP contribution in [0.3, 0.4) is 0 Å². The fraction of sp³-hybridized carbons (Fsp3) is 0. The predicted octanol–water partition coefficient (Wildman–Crippen LogP) is 2.78. The molecule has 0 radical (unpaired) electrons. The number of aromatic carboxylic acids is 2. The number of benzene rings is 1. The third-order valence-corrected chi connectivity index (χ3v) is 6.24. The average Bonchev–Trinajstić information content (AvgIpc) is 2.19. The van der Waals surface area contributed by atoms with Crippen molar-refractivity contribution in [1.29, 1.82) is 0 Å². The second-order valence-corrected chi connectivity index (χ2v) is 6.36. The highest BCUT2D eigenvalue weighted by atomic mass is 127. The Morgan fingerprint density at radius 1 is 1.19 bits per heavy atom. The molecule has 0 aliphatic rings. The molecule has 0 unspecified atom stereocenters. The van der Waals surface area contributed by atoms with Gasteiger partial charge in [-0.15, -0.1) is 0 Å². The molecule has 0 atom stereocenters. The molecule has 1 rings (SSSR count). The molecule has 0 saturated heterocycles. The van der Waals surface area contributed by atoms with Gasteiger partial charge in [0, 0.05) is 7.14 Å². The quantitative estimate of drug-likeness (QED) is 0.439. The molecule has 0 aromatic heterocycles. The summed E-state index contributed by atoms with van der Waals surface area (Å²) in [5.41, 5.74) is -0.240. The maximum Gasteiger partial charge on any atom is 0.338 e. The molecule has 1 aromatic rings. The monoisotopic (exact) mass is 560 g/mol. The van der Waals surface area contributed by atoms with E-state index in [2.05, 4.69) is 0 Å². The number of carboxylic acid groups (broad SMARTS) is 2. The van der Waals surface area contributed by atoms with Crippen LogP contribution in [0, 0.1) is 10.7 Å². The van der Waals surface area contributed by atoms with Gasteiger partial charge in [-0.05, 0) is 51.2 Å². The van der Waals surface area contributed by atoms with Gasteiger partial charge in [-0.2, -0.15) is 0 Å². The highest BCUT2D eigenvalue weighted by Gasteiger charge is 2.23. The normalized spacial score (nSPS) is 10.1. The van der Waals surface area contributed by atoms with Crippen LogP contribution in [-0.4, -0.2) is 22.2 Å². The molecule has 1 aromatic carbocycles. The molecule has 0 fully saturated rings. The van der Waals surface area contributed by atoms with Crippen molar-refractivity contribution < 1.29 is 22.9 Å². The summed E-state index contributed by atoms with van der Waals surface area (Å²) in [7, 11) is 0. The van der Waals surface area contributed by atoms with E-state index in [1.807, 2.05) is 0 Å². The molecule has 16 heavy (non-hydrogen) atoms. The predicted molar refractivity (Wildman–Crippen MR) is 79.2 cm³/mol. The van der Waals surface area contributed by atoms with E-state index < -0.39 is 33.1 Å². The van der Waals surface area contributed by atoms with Crippen LogP contribution >= 0.6 is 66.4 Å². The number of rotatable bonds is 3. The van der Waals surface area contributed by atoms with Gasteiger partial charge in [0.2, 0.25) is 0 Å². The number of hydrogen-bond donors (Lipinski definition) is 2. The van der Waals surface area contributed by atoms with Crippen molar-refractivity contribution in [2.24, 2.45) is 0 Å². The Morgan fingerprint density at radius 2 is 1.75 bits per heavy atom.